The summed E-state index contributed by atoms with van der Waals surface area (Å²) in [5.41, 5.74) is 4.50. The predicted molar refractivity (Wildman–Crippen MR) is 188 cm³/mol. The van der Waals surface area contributed by atoms with E-state index in [4.69, 9.17) is 4.74 Å². The van der Waals surface area contributed by atoms with E-state index in [0.29, 0.717) is 19.6 Å². The Morgan fingerprint density at radius 2 is 1.68 bits per heavy atom. The van der Waals surface area contributed by atoms with Crippen molar-refractivity contribution in [2.75, 3.05) is 32.8 Å². The van der Waals surface area contributed by atoms with Gasteiger partial charge in [-0.2, -0.15) is 0 Å². The highest BCUT2D eigenvalue weighted by molar-refractivity contribution is 5.95. The van der Waals surface area contributed by atoms with E-state index < -0.39 is 5.79 Å². The van der Waals surface area contributed by atoms with Gasteiger partial charge in [-0.15, -0.1) is 0 Å². The number of carbonyl (C=O) groups is 2. The molecule has 2 aliphatic heterocycles. The Kier molecular flexibility index (Phi) is 12.5. The average Bonchev–Trinajstić information content (AvgIpc) is 3.08. The van der Waals surface area contributed by atoms with Gasteiger partial charge in [-0.05, 0) is 110 Å². The van der Waals surface area contributed by atoms with Crippen LogP contribution in [-0.4, -0.2) is 65.3 Å². The molecule has 7 nitrogen and oxygen atoms in total. The molecule has 2 saturated heterocycles. The van der Waals surface area contributed by atoms with Gasteiger partial charge in [0, 0.05) is 43.8 Å². The molecule has 2 amide bonds. The predicted octanol–water partition coefficient (Wildman–Crippen LogP) is 7.32. The van der Waals surface area contributed by atoms with Gasteiger partial charge in [0.2, 0.25) is 5.91 Å². The summed E-state index contributed by atoms with van der Waals surface area (Å²) in [5, 5.41) is 14.1. The fourth-order valence-corrected chi connectivity index (χ4v) is 7.28. The number of nitrogens with zero attached hydrogens (tertiary/aromatic N) is 2. The van der Waals surface area contributed by atoms with Gasteiger partial charge in [0.25, 0.3) is 5.91 Å². The first kappa shape index (κ1) is 35.1. The van der Waals surface area contributed by atoms with E-state index in [2.05, 4.69) is 17.4 Å². The molecule has 5 rings (SSSR count). The molecule has 2 heterocycles. The normalized spacial score (nSPS) is 20.8. The van der Waals surface area contributed by atoms with Crippen molar-refractivity contribution >= 4 is 11.8 Å². The van der Waals surface area contributed by atoms with E-state index in [9.17, 15) is 14.7 Å². The van der Waals surface area contributed by atoms with Crippen LogP contribution in [0.15, 0.2) is 72.5 Å². The number of hydrogen-bond donors (Lipinski definition) is 2. The third kappa shape index (κ3) is 9.88. The summed E-state index contributed by atoms with van der Waals surface area (Å²) in [4.78, 5) is 30.8. The lowest BCUT2D eigenvalue weighted by Gasteiger charge is -2.32. The van der Waals surface area contributed by atoms with E-state index >= 15 is 0 Å². The van der Waals surface area contributed by atoms with Crippen LogP contribution in [0.25, 0.3) is 11.1 Å². The molecule has 1 unspecified atom stereocenters. The van der Waals surface area contributed by atoms with Crippen molar-refractivity contribution in [2.45, 2.75) is 90.9 Å². The first-order valence-corrected chi connectivity index (χ1v) is 18.0. The average molecular weight is 642 g/mol. The second-order valence-corrected chi connectivity index (χ2v) is 14.2. The van der Waals surface area contributed by atoms with Crippen LogP contribution in [0.2, 0.25) is 0 Å². The summed E-state index contributed by atoms with van der Waals surface area (Å²) in [6.07, 6.45) is 14.8. The molecule has 2 fully saturated rings. The lowest BCUT2D eigenvalue weighted by atomic mass is 9.87. The molecule has 2 N–H and O–H groups in total. The van der Waals surface area contributed by atoms with E-state index in [1.165, 1.54) is 45.2 Å². The molecule has 7 heteroatoms. The SMILES string of the molecule is CCOC1(O)C=CC(N(Cc2cccc(-c3cccc(C(=O)N4CCC(CCCC5CCNCC5)CC4)c3)c2)C(=O)CC(C)C)=CC1. The number of benzene rings is 2. The molecule has 0 spiro atoms. The third-order valence-corrected chi connectivity index (χ3v) is 10.0. The second kappa shape index (κ2) is 16.7. The quantitative estimate of drug-likeness (QED) is 0.224. The van der Waals surface area contributed by atoms with Crippen LogP contribution in [0.4, 0.5) is 0 Å². The molecule has 0 bridgehead atoms. The highest BCUT2D eigenvalue weighted by atomic mass is 16.6. The Bertz CT molecular complexity index is 1400. The minimum absolute atomic E-state index is 0.0429. The van der Waals surface area contributed by atoms with Gasteiger partial charge >= 0.3 is 0 Å². The molecule has 47 heavy (non-hydrogen) atoms. The minimum Gasteiger partial charge on any atom is -0.362 e. The third-order valence-electron chi connectivity index (χ3n) is 10.0. The molecule has 3 aliphatic rings. The first-order valence-electron chi connectivity index (χ1n) is 18.0. The molecular formula is C40H55N3O4. The van der Waals surface area contributed by atoms with Gasteiger partial charge in [0.15, 0.2) is 5.79 Å². The van der Waals surface area contributed by atoms with Crippen molar-refractivity contribution in [3.63, 3.8) is 0 Å². The zero-order valence-electron chi connectivity index (χ0n) is 28.8. The monoisotopic (exact) mass is 641 g/mol. The van der Waals surface area contributed by atoms with E-state index in [-0.39, 0.29) is 24.2 Å². The van der Waals surface area contributed by atoms with Gasteiger partial charge in [0.05, 0.1) is 6.54 Å². The summed E-state index contributed by atoms with van der Waals surface area (Å²) in [6.45, 7) is 10.8. The highest BCUT2D eigenvalue weighted by Gasteiger charge is 2.29. The van der Waals surface area contributed by atoms with Gasteiger partial charge in [-0.1, -0.05) is 69.5 Å². The van der Waals surface area contributed by atoms with Gasteiger partial charge in [-0.25, -0.2) is 0 Å². The molecule has 0 aromatic heterocycles. The number of amides is 2. The number of carbonyl (C=O) groups excluding carboxylic acids is 2. The molecule has 1 atom stereocenters. The fraction of sp³-hybridized carbons (Fsp3) is 0.550. The molecule has 2 aromatic rings. The van der Waals surface area contributed by atoms with Crippen LogP contribution in [0.5, 0.6) is 0 Å². The van der Waals surface area contributed by atoms with Crippen LogP contribution in [-0.2, 0) is 16.1 Å². The van der Waals surface area contributed by atoms with Crippen LogP contribution >= 0.6 is 0 Å². The summed E-state index contributed by atoms with van der Waals surface area (Å²) >= 11 is 0. The lowest BCUT2D eigenvalue weighted by Crippen LogP contribution is -2.38. The van der Waals surface area contributed by atoms with Crippen molar-refractivity contribution in [1.29, 1.82) is 0 Å². The Hall–Kier alpha value is -3.26. The number of nitrogens with one attached hydrogen (secondary N) is 1. The van der Waals surface area contributed by atoms with Gasteiger partial charge in [-0.3, -0.25) is 9.59 Å². The topological polar surface area (TPSA) is 82.1 Å². The minimum atomic E-state index is -1.34. The summed E-state index contributed by atoms with van der Waals surface area (Å²) in [5.74, 6) is 0.673. The van der Waals surface area contributed by atoms with Crippen LogP contribution < -0.4 is 5.32 Å². The first-order chi connectivity index (χ1) is 22.7. The van der Waals surface area contributed by atoms with E-state index in [1.54, 1.807) is 17.1 Å². The smallest absolute Gasteiger partial charge is 0.253 e. The Morgan fingerprint density at radius 3 is 2.34 bits per heavy atom. The summed E-state index contributed by atoms with van der Waals surface area (Å²) < 4.78 is 5.50. The molecule has 0 radical (unpaired) electrons. The number of aliphatic hydroxyl groups is 1. The molecule has 1 aliphatic carbocycles. The van der Waals surface area contributed by atoms with E-state index in [1.807, 2.05) is 68.1 Å². The van der Waals surface area contributed by atoms with Crippen molar-refractivity contribution in [2.24, 2.45) is 17.8 Å². The molecule has 254 valence electrons. The van der Waals surface area contributed by atoms with Crippen LogP contribution in [0.1, 0.15) is 94.5 Å². The standard InChI is InChI=1S/C40H55N3O4/c1-4-47-40(46)20-14-37(15-21-40)43(38(44)26-30(2)3)29-33-10-6-11-34(27-33)35-12-7-13-36(28-35)39(45)42-24-18-32(19-25-42)9-5-8-31-16-22-41-23-17-31/h6-7,10-15,20,27-28,30-32,41,46H,4-5,8-9,16-19,21-26,29H2,1-3H3. The number of rotatable bonds is 13. The number of hydrogen-bond acceptors (Lipinski definition) is 5. The maximum absolute atomic E-state index is 13.6. The van der Waals surface area contributed by atoms with Crippen molar-refractivity contribution in [3.05, 3.63) is 83.6 Å². The molecular weight excluding hydrogens is 586 g/mol. The van der Waals surface area contributed by atoms with Gasteiger partial charge < -0.3 is 25.0 Å². The number of piperidine rings is 2. The maximum atomic E-state index is 13.6. The van der Waals surface area contributed by atoms with Gasteiger partial charge in [0.1, 0.15) is 0 Å². The highest BCUT2D eigenvalue weighted by Crippen LogP contribution is 2.30. The fourth-order valence-electron chi connectivity index (χ4n) is 7.28. The second-order valence-electron chi connectivity index (χ2n) is 14.2. The van der Waals surface area contributed by atoms with Crippen molar-refractivity contribution < 1.29 is 19.4 Å². The Balaban J connectivity index is 1.21. The largest absolute Gasteiger partial charge is 0.362 e. The number of ether oxygens (including phenoxy) is 1. The number of allylic oxidation sites excluding steroid dienone is 1. The molecule has 0 saturated carbocycles. The Labute approximate surface area is 282 Å². The zero-order chi connectivity index (χ0) is 33.2. The van der Waals surface area contributed by atoms with Crippen LogP contribution in [0, 0.1) is 17.8 Å². The van der Waals surface area contributed by atoms with Crippen molar-refractivity contribution in [3.8, 4) is 11.1 Å². The zero-order valence-corrected chi connectivity index (χ0v) is 28.8. The summed E-state index contributed by atoms with van der Waals surface area (Å²) in [6, 6.07) is 16.2. The van der Waals surface area contributed by atoms with E-state index in [0.717, 1.165) is 65.7 Å². The number of likely N-dealkylation sites (tertiary alicyclic amines) is 1. The van der Waals surface area contributed by atoms with Crippen molar-refractivity contribution in [1.82, 2.24) is 15.1 Å². The van der Waals surface area contributed by atoms with Crippen LogP contribution in [0.3, 0.4) is 0 Å². The lowest BCUT2D eigenvalue weighted by molar-refractivity contribution is -0.161. The summed E-state index contributed by atoms with van der Waals surface area (Å²) in [7, 11) is 0. The maximum Gasteiger partial charge on any atom is 0.253 e. The Morgan fingerprint density at radius 1 is 1.00 bits per heavy atom. The molecule has 2 aromatic carbocycles.